The van der Waals surface area contributed by atoms with E-state index in [0.29, 0.717) is 40.9 Å². The van der Waals surface area contributed by atoms with Crippen LogP contribution in [-0.4, -0.2) is 45.3 Å². The first-order valence-electron chi connectivity index (χ1n) is 12.7. The summed E-state index contributed by atoms with van der Waals surface area (Å²) in [6.45, 7) is 3.22. The third kappa shape index (κ3) is 3.46. The van der Waals surface area contributed by atoms with E-state index >= 15 is 0 Å². The molecule has 0 radical (unpaired) electrons. The SMILES string of the molecule is CC[C@]1(O)c2cc3n(c(=O)c2COC1O)Cc1c-3nc2cc(F)c(C)c3c2c1[C@@H](NC(=O)COCN)CC3. The van der Waals surface area contributed by atoms with Crippen LogP contribution < -0.4 is 16.6 Å². The fraction of sp³-hybridized carbons (Fsp3) is 0.444. The Morgan fingerprint density at radius 3 is 2.89 bits per heavy atom. The van der Waals surface area contributed by atoms with E-state index in [1.807, 2.05) is 0 Å². The number of rotatable bonds is 5. The van der Waals surface area contributed by atoms with Gasteiger partial charge in [-0.15, -0.1) is 0 Å². The molecule has 3 aliphatic rings. The minimum absolute atomic E-state index is 0.0836. The topological polar surface area (TPSA) is 149 Å². The Morgan fingerprint density at radius 2 is 2.16 bits per heavy atom. The van der Waals surface area contributed by atoms with Crippen molar-refractivity contribution in [3.8, 4) is 11.4 Å². The number of pyridine rings is 2. The molecule has 2 aromatic heterocycles. The molecular formula is C27H29FN4O6. The molecule has 1 aliphatic carbocycles. The van der Waals surface area contributed by atoms with Crippen LogP contribution >= 0.6 is 0 Å². The van der Waals surface area contributed by atoms with Crippen LogP contribution in [0.2, 0.25) is 0 Å². The number of halogens is 1. The molecule has 2 aliphatic heterocycles. The lowest BCUT2D eigenvalue weighted by atomic mass is 9.81. The van der Waals surface area contributed by atoms with Crippen LogP contribution in [0.15, 0.2) is 16.9 Å². The van der Waals surface area contributed by atoms with Crippen molar-refractivity contribution in [2.75, 3.05) is 13.3 Å². The molecule has 200 valence electrons. The maximum atomic E-state index is 15.0. The average Bonchev–Trinajstić information content (AvgIpc) is 3.27. The molecule has 10 nitrogen and oxygen atoms in total. The molecule has 3 atom stereocenters. The van der Waals surface area contributed by atoms with Crippen LogP contribution in [0.3, 0.4) is 0 Å². The number of amides is 1. The highest BCUT2D eigenvalue weighted by Crippen LogP contribution is 2.46. The zero-order valence-corrected chi connectivity index (χ0v) is 21.1. The number of aromatic nitrogens is 2. The van der Waals surface area contributed by atoms with Gasteiger partial charge in [-0.05, 0) is 48.9 Å². The molecule has 1 amide bonds. The van der Waals surface area contributed by atoms with Crippen molar-refractivity contribution in [2.24, 2.45) is 5.73 Å². The Kier molecular flexibility index (Phi) is 5.89. The molecule has 0 fully saturated rings. The van der Waals surface area contributed by atoms with Gasteiger partial charge in [-0.2, -0.15) is 0 Å². The van der Waals surface area contributed by atoms with Gasteiger partial charge in [0, 0.05) is 28.1 Å². The number of nitrogens with two attached hydrogens (primary N) is 1. The second-order valence-electron chi connectivity index (χ2n) is 10.1. The lowest BCUT2D eigenvalue weighted by Crippen LogP contribution is -2.47. The molecule has 0 bridgehead atoms. The number of ether oxygens (including phenoxy) is 2. The Bertz CT molecular complexity index is 1570. The summed E-state index contributed by atoms with van der Waals surface area (Å²) in [6, 6.07) is 2.66. The second kappa shape index (κ2) is 8.92. The van der Waals surface area contributed by atoms with E-state index in [4.69, 9.17) is 20.2 Å². The van der Waals surface area contributed by atoms with Crippen molar-refractivity contribution in [3.63, 3.8) is 0 Å². The monoisotopic (exact) mass is 524 g/mol. The fourth-order valence-electron chi connectivity index (χ4n) is 6.20. The van der Waals surface area contributed by atoms with E-state index in [1.54, 1.807) is 24.5 Å². The van der Waals surface area contributed by atoms with Gasteiger partial charge in [-0.1, -0.05) is 6.92 Å². The number of carbonyl (C=O) groups excluding carboxylic acids is 1. The fourth-order valence-corrected chi connectivity index (χ4v) is 6.20. The maximum Gasteiger partial charge on any atom is 0.257 e. The highest BCUT2D eigenvalue weighted by molar-refractivity contribution is 5.93. The number of nitrogens with zero attached hydrogens (tertiary/aromatic N) is 2. The van der Waals surface area contributed by atoms with Crippen LogP contribution in [0.1, 0.15) is 59.2 Å². The van der Waals surface area contributed by atoms with Crippen molar-refractivity contribution in [1.82, 2.24) is 14.9 Å². The van der Waals surface area contributed by atoms with Gasteiger partial charge >= 0.3 is 0 Å². The van der Waals surface area contributed by atoms with Crippen molar-refractivity contribution < 1.29 is 28.9 Å². The van der Waals surface area contributed by atoms with Gasteiger partial charge in [-0.3, -0.25) is 9.59 Å². The van der Waals surface area contributed by atoms with Gasteiger partial charge in [0.1, 0.15) is 18.0 Å². The number of aryl methyl sites for hydroxylation is 1. The quantitative estimate of drug-likeness (QED) is 0.286. The number of hydrogen-bond donors (Lipinski definition) is 4. The number of aliphatic hydroxyl groups excluding tert-OH is 1. The molecule has 0 saturated carbocycles. The average molecular weight is 525 g/mol. The van der Waals surface area contributed by atoms with Gasteiger partial charge in [0.15, 0.2) is 6.29 Å². The van der Waals surface area contributed by atoms with Gasteiger partial charge < -0.3 is 35.3 Å². The Morgan fingerprint density at radius 1 is 1.37 bits per heavy atom. The zero-order valence-electron chi connectivity index (χ0n) is 21.1. The van der Waals surface area contributed by atoms with E-state index in [0.717, 1.165) is 22.1 Å². The predicted molar refractivity (Wildman–Crippen MR) is 134 cm³/mol. The summed E-state index contributed by atoms with van der Waals surface area (Å²) in [4.78, 5) is 31.1. The summed E-state index contributed by atoms with van der Waals surface area (Å²) >= 11 is 0. The highest BCUT2D eigenvalue weighted by Gasteiger charge is 2.45. The smallest absolute Gasteiger partial charge is 0.257 e. The van der Waals surface area contributed by atoms with Gasteiger partial charge in [0.25, 0.3) is 5.56 Å². The molecule has 6 rings (SSSR count). The van der Waals surface area contributed by atoms with E-state index in [-0.39, 0.29) is 55.8 Å². The second-order valence-corrected chi connectivity index (χ2v) is 10.1. The molecule has 3 aromatic rings. The van der Waals surface area contributed by atoms with Crippen LogP contribution in [0.25, 0.3) is 22.3 Å². The number of hydrogen-bond acceptors (Lipinski definition) is 8. The third-order valence-corrected chi connectivity index (χ3v) is 8.22. The van der Waals surface area contributed by atoms with Crippen LogP contribution in [-0.2, 0) is 39.4 Å². The summed E-state index contributed by atoms with van der Waals surface area (Å²) in [5, 5.41) is 25.5. The summed E-state index contributed by atoms with van der Waals surface area (Å²) in [6.07, 6.45) is -0.269. The molecule has 11 heteroatoms. The largest absolute Gasteiger partial charge is 0.380 e. The Labute approximate surface area is 217 Å². The first kappa shape index (κ1) is 25.1. The molecule has 1 aromatic carbocycles. The standard InChI is InChI=1S/C27H29FN4O6/c1-3-27(36)16-6-20-24-14(8-32(20)25(34)15(16)9-38-26(27)35)23-18(30-21(33)10-37-11-29)5-4-13-12(2)17(28)7-19(31-24)22(13)23/h6-7,18,26,35-36H,3-5,8-11,29H2,1-2H3,(H,30,33)/t18-,26?,27-/m0/s1. The van der Waals surface area contributed by atoms with Crippen molar-refractivity contribution >= 4 is 16.8 Å². The van der Waals surface area contributed by atoms with Crippen molar-refractivity contribution in [3.05, 3.63) is 61.7 Å². The van der Waals surface area contributed by atoms with Crippen molar-refractivity contribution in [2.45, 2.75) is 64.2 Å². The third-order valence-electron chi connectivity index (χ3n) is 8.22. The number of fused-ring (bicyclic) bond motifs is 5. The highest BCUT2D eigenvalue weighted by atomic mass is 19.1. The van der Waals surface area contributed by atoms with Gasteiger partial charge in [-0.25, -0.2) is 9.37 Å². The molecule has 38 heavy (non-hydrogen) atoms. The summed E-state index contributed by atoms with van der Waals surface area (Å²) in [5.41, 5.74) is 8.18. The summed E-state index contributed by atoms with van der Waals surface area (Å²) in [5.74, 6) is -0.699. The molecular weight excluding hydrogens is 495 g/mol. The number of aliphatic hydroxyl groups is 2. The first-order valence-corrected chi connectivity index (χ1v) is 12.7. The minimum Gasteiger partial charge on any atom is -0.380 e. The normalized spacial score (nSPS) is 23.2. The molecule has 0 spiro atoms. The van der Waals surface area contributed by atoms with Gasteiger partial charge in [0.2, 0.25) is 5.91 Å². The molecule has 5 N–H and O–H groups in total. The van der Waals surface area contributed by atoms with E-state index < -0.39 is 17.9 Å². The minimum atomic E-state index is -1.76. The van der Waals surface area contributed by atoms with Crippen LogP contribution in [0, 0.1) is 12.7 Å². The lowest BCUT2D eigenvalue weighted by Gasteiger charge is -2.37. The van der Waals surface area contributed by atoms with Crippen molar-refractivity contribution in [1.29, 1.82) is 0 Å². The summed E-state index contributed by atoms with van der Waals surface area (Å²) < 4.78 is 26.9. The Balaban J connectivity index is 1.59. The molecule has 4 heterocycles. The number of nitrogens with one attached hydrogen (secondary N) is 1. The number of benzene rings is 1. The zero-order chi connectivity index (χ0) is 26.9. The predicted octanol–water partition coefficient (Wildman–Crippen LogP) is 1.36. The molecule has 1 unspecified atom stereocenters. The van der Waals surface area contributed by atoms with Gasteiger partial charge in [0.05, 0.1) is 42.8 Å². The summed E-state index contributed by atoms with van der Waals surface area (Å²) in [7, 11) is 0. The Hall–Kier alpha value is -3.22. The number of carbonyl (C=O) groups is 1. The van der Waals surface area contributed by atoms with E-state index in [1.165, 1.54) is 6.07 Å². The lowest BCUT2D eigenvalue weighted by molar-refractivity contribution is -0.236. The maximum absolute atomic E-state index is 15.0. The molecule has 0 saturated heterocycles. The van der Waals surface area contributed by atoms with Crippen LogP contribution in [0.5, 0.6) is 0 Å². The first-order chi connectivity index (χ1) is 18.2. The van der Waals surface area contributed by atoms with E-state index in [2.05, 4.69) is 5.32 Å². The van der Waals surface area contributed by atoms with Crippen LogP contribution in [0.4, 0.5) is 4.39 Å². The van der Waals surface area contributed by atoms with E-state index in [9.17, 15) is 24.2 Å².